The number of hydrogen-bond acceptors (Lipinski definition) is 6. The molecule has 0 radical (unpaired) electrons. The van der Waals surface area contributed by atoms with E-state index in [4.69, 9.17) is 9.97 Å². The van der Waals surface area contributed by atoms with Gasteiger partial charge >= 0.3 is 0 Å². The SMILES string of the molecule is CC(C)[C@@H]1CNC[C@H]1Nc1nc(-c2cc(-c3cc[nH]n3)ccc2O)nc2ccccc12. The van der Waals surface area contributed by atoms with Crippen molar-refractivity contribution in [1.29, 1.82) is 0 Å². The molecule has 0 aliphatic carbocycles. The van der Waals surface area contributed by atoms with E-state index in [1.165, 1.54) is 0 Å². The summed E-state index contributed by atoms with van der Waals surface area (Å²) in [6, 6.07) is 15.6. The Bertz CT molecular complexity index is 1200. The van der Waals surface area contributed by atoms with Crippen LogP contribution in [-0.2, 0) is 0 Å². The number of phenols is 1. The summed E-state index contributed by atoms with van der Waals surface area (Å²) in [6.07, 6.45) is 1.77. The zero-order valence-corrected chi connectivity index (χ0v) is 17.6. The predicted molar refractivity (Wildman–Crippen MR) is 123 cm³/mol. The van der Waals surface area contributed by atoms with Gasteiger partial charge in [-0.3, -0.25) is 5.10 Å². The number of H-pyrrole nitrogens is 1. The summed E-state index contributed by atoms with van der Waals surface area (Å²) >= 11 is 0. The molecule has 1 aliphatic rings. The molecule has 1 fully saturated rings. The Morgan fingerprint density at radius 3 is 2.74 bits per heavy atom. The van der Waals surface area contributed by atoms with E-state index in [0.717, 1.165) is 41.1 Å². The molecule has 3 heterocycles. The Labute approximate surface area is 181 Å². The number of aromatic hydroxyl groups is 1. The van der Waals surface area contributed by atoms with E-state index in [1.807, 2.05) is 42.5 Å². The van der Waals surface area contributed by atoms with Gasteiger partial charge in [0.1, 0.15) is 11.6 Å². The number of phenolic OH excluding ortho intramolecular Hbond substituents is 1. The van der Waals surface area contributed by atoms with Crippen LogP contribution < -0.4 is 10.6 Å². The van der Waals surface area contributed by atoms with Gasteiger partial charge in [-0.2, -0.15) is 5.10 Å². The van der Waals surface area contributed by atoms with Gasteiger partial charge in [0.25, 0.3) is 0 Å². The van der Waals surface area contributed by atoms with Crippen LogP contribution in [0.25, 0.3) is 33.5 Å². The van der Waals surface area contributed by atoms with Crippen LogP contribution >= 0.6 is 0 Å². The summed E-state index contributed by atoms with van der Waals surface area (Å²) in [4.78, 5) is 9.64. The van der Waals surface area contributed by atoms with Gasteiger partial charge in [-0.15, -0.1) is 0 Å². The molecule has 1 saturated heterocycles. The van der Waals surface area contributed by atoms with E-state index < -0.39 is 0 Å². The molecule has 158 valence electrons. The summed E-state index contributed by atoms with van der Waals surface area (Å²) in [5.74, 6) is 2.51. The molecular weight excluding hydrogens is 388 g/mol. The quantitative estimate of drug-likeness (QED) is 0.393. The summed E-state index contributed by atoms with van der Waals surface area (Å²) in [6.45, 7) is 6.41. The maximum absolute atomic E-state index is 10.6. The highest BCUT2D eigenvalue weighted by molar-refractivity contribution is 5.91. The molecule has 0 amide bonds. The molecule has 0 bridgehead atoms. The first-order chi connectivity index (χ1) is 15.1. The molecule has 0 spiro atoms. The van der Waals surface area contributed by atoms with Gasteiger partial charge < -0.3 is 15.7 Å². The van der Waals surface area contributed by atoms with Crippen molar-refractivity contribution in [3.05, 3.63) is 54.7 Å². The smallest absolute Gasteiger partial charge is 0.165 e. The van der Waals surface area contributed by atoms with Crippen LogP contribution in [0, 0.1) is 11.8 Å². The number of nitrogens with zero attached hydrogens (tertiary/aromatic N) is 3. The van der Waals surface area contributed by atoms with Crippen molar-refractivity contribution in [2.45, 2.75) is 19.9 Å². The van der Waals surface area contributed by atoms with E-state index in [0.29, 0.717) is 23.2 Å². The third-order valence-electron chi connectivity index (χ3n) is 6.08. The second-order valence-corrected chi connectivity index (χ2v) is 8.42. The van der Waals surface area contributed by atoms with Crippen LogP contribution in [0.15, 0.2) is 54.7 Å². The molecule has 5 rings (SSSR count). The van der Waals surface area contributed by atoms with Crippen LogP contribution in [0.2, 0.25) is 0 Å². The maximum atomic E-state index is 10.6. The van der Waals surface area contributed by atoms with Crippen molar-refractivity contribution in [3.63, 3.8) is 0 Å². The zero-order chi connectivity index (χ0) is 21.4. The average Bonchev–Trinajstić information content (AvgIpc) is 3.46. The Balaban J connectivity index is 1.60. The number of hydrogen-bond donors (Lipinski definition) is 4. The van der Waals surface area contributed by atoms with Crippen molar-refractivity contribution < 1.29 is 5.11 Å². The summed E-state index contributed by atoms with van der Waals surface area (Å²) < 4.78 is 0. The molecule has 4 N–H and O–H groups in total. The Hall–Kier alpha value is -3.45. The van der Waals surface area contributed by atoms with Crippen molar-refractivity contribution in [2.75, 3.05) is 18.4 Å². The number of para-hydroxylation sites is 1. The lowest BCUT2D eigenvalue weighted by atomic mass is 9.91. The Kier molecular flexibility index (Phi) is 5.03. The third kappa shape index (κ3) is 3.72. The maximum Gasteiger partial charge on any atom is 0.165 e. The molecule has 2 atom stereocenters. The van der Waals surface area contributed by atoms with Crippen LogP contribution in [0.1, 0.15) is 13.8 Å². The van der Waals surface area contributed by atoms with Crippen LogP contribution in [0.3, 0.4) is 0 Å². The first kappa shape index (κ1) is 19.5. The molecule has 2 aromatic carbocycles. The molecule has 31 heavy (non-hydrogen) atoms. The van der Waals surface area contributed by atoms with Gasteiger partial charge in [0.05, 0.1) is 16.8 Å². The Morgan fingerprint density at radius 2 is 1.94 bits per heavy atom. The van der Waals surface area contributed by atoms with Gasteiger partial charge in [0.15, 0.2) is 5.82 Å². The van der Waals surface area contributed by atoms with Gasteiger partial charge in [-0.05, 0) is 48.2 Å². The van der Waals surface area contributed by atoms with E-state index in [1.54, 1.807) is 12.3 Å². The molecule has 1 aliphatic heterocycles. The lowest BCUT2D eigenvalue weighted by molar-refractivity contribution is 0.394. The number of aromatic amines is 1. The highest BCUT2D eigenvalue weighted by atomic mass is 16.3. The van der Waals surface area contributed by atoms with Crippen molar-refractivity contribution >= 4 is 16.7 Å². The number of benzene rings is 2. The van der Waals surface area contributed by atoms with Gasteiger partial charge in [0.2, 0.25) is 0 Å². The monoisotopic (exact) mass is 414 g/mol. The highest BCUT2D eigenvalue weighted by Gasteiger charge is 2.30. The standard InChI is InChI=1S/C24H26N6O/c1-14(2)18-12-25-13-21(18)28-23-16-5-3-4-6-20(16)27-24(29-23)17-11-15(7-8-22(17)31)19-9-10-26-30-19/h3-11,14,18,21,25,31H,12-13H2,1-2H3,(H,26,30)(H,27,28,29)/t18-,21+/m0/s1. The normalized spacial score (nSPS) is 18.7. The fraction of sp³-hybridized carbons (Fsp3) is 0.292. The fourth-order valence-corrected chi connectivity index (χ4v) is 4.34. The lowest BCUT2D eigenvalue weighted by Crippen LogP contribution is -2.31. The molecule has 7 nitrogen and oxygen atoms in total. The minimum absolute atomic E-state index is 0.142. The van der Waals surface area contributed by atoms with Crippen molar-refractivity contribution in [3.8, 4) is 28.4 Å². The van der Waals surface area contributed by atoms with Gasteiger partial charge in [-0.25, -0.2) is 9.97 Å². The molecule has 4 aromatic rings. The molecule has 2 aromatic heterocycles. The minimum Gasteiger partial charge on any atom is -0.507 e. The first-order valence-corrected chi connectivity index (χ1v) is 10.7. The topological polar surface area (TPSA) is 98.8 Å². The molecule has 7 heteroatoms. The highest BCUT2D eigenvalue weighted by Crippen LogP contribution is 2.34. The van der Waals surface area contributed by atoms with Crippen LogP contribution in [-0.4, -0.2) is 44.4 Å². The first-order valence-electron chi connectivity index (χ1n) is 10.7. The van der Waals surface area contributed by atoms with E-state index in [-0.39, 0.29) is 11.8 Å². The predicted octanol–water partition coefficient (Wildman–Crippen LogP) is 4.05. The van der Waals surface area contributed by atoms with Gasteiger partial charge in [0, 0.05) is 36.3 Å². The largest absolute Gasteiger partial charge is 0.507 e. The lowest BCUT2D eigenvalue weighted by Gasteiger charge is -2.24. The third-order valence-corrected chi connectivity index (χ3v) is 6.08. The van der Waals surface area contributed by atoms with Crippen molar-refractivity contribution in [1.82, 2.24) is 25.5 Å². The summed E-state index contributed by atoms with van der Waals surface area (Å²) in [5, 5.41) is 25.8. The second kappa shape index (κ2) is 8.00. The number of nitrogens with one attached hydrogen (secondary N) is 3. The zero-order valence-electron chi connectivity index (χ0n) is 17.6. The number of aromatic nitrogens is 4. The molecular formula is C24H26N6O. The number of rotatable bonds is 5. The summed E-state index contributed by atoms with van der Waals surface area (Å²) in [7, 11) is 0. The van der Waals surface area contributed by atoms with E-state index in [2.05, 4.69) is 34.7 Å². The number of fused-ring (bicyclic) bond motifs is 1. The van der Waals surface area contributed by atoms with Gasteiger partial charge in [-0.1, -0.05) is 26.0 Å². The molecule has 0 unspecified atom stereocenters. The van der Waals surface area contributed by atoms with Crippen molar-refractivity contribution in [2.24, 2.45) is 11.8 Å². The summed E-state index contributed by atoms with van der Waals surface area (Å²) in [5.41, 5.74) is 3.11. The van der Waals surface area contributed by atoms with Crippen LogP contribution in [0.5, 0.6) is 5.75 Å². The minimum atomic E-state index is 0.142. The Morgan fingerprint density at radius 1 is 1.06 bits per heavy atom. The second-order valence-electron chi connectivity index (χ2n) is 8.42. The number of anilines is 1. The van der Waals surface area contributed by atoms with Crippen LogP contribution in [0.4, 0.5) is 5.82 Å². The molecule has 0 saturated carbocycles. The van der Waals surface area contributed by atoms with E-state index >= 15 is 0 Å². The fourth-order valence-electron chi connectivity index (χ4n) is 4.34. The van der Waals surface area contributed by atoms with E-state index in [9.17, 15) is 5.11 Å². The average molecular weight is 415 g/mol.